The molecule has 2 aromatic carbocycles. The van der Waals surface area contributed by atoms with Gasteiger partial charge in [-0.15, -0.1) is 5.48 Å². The molecule has 1 amide bonds. The van der Waals surface area contributed by atoms with Gasteiger partial charge in [0.05, 0.1) is 0 Å². The van der Waals surface area contributed by atoms with Crippen molar-refractivity contribution in [2.75, 3.05) is 6.61 Å². The van der Waals surface area contributed by atoms with E-state index in [4.69, 9.17) is 4.74 Å². The Hall–Kier alpha value is -2.82. The summed E-state index contributed by atoms with van der Waals surface area (Å²) >= 11 is 0. The van der Waals surface area contributed by atoms with Crippen LogP contribution < -0.4 is 5.48 Å². The van der Waals surface area contributed by atoms with Crippen LogP contribution in [0.1, 0.15) is 36.8 Å². The first-order valence-corrected chi connectivity index (χ1v) is 8.01. The number of carbonyl (C=O) groups excluding carboxylic acids is 2. The summed E-state index contributed by atoms with van der Waals surface area (Å²) < 4.78 is 5.24. The van der Waals surface area contributed by atoms with Crippen LogP contribution in [0.3, 0.4) is 0 Å². The van der Waals surface area contributed by atoms with Gasteiger partial charge in [-0.25, -0.2) is 9.59 Å². The van der Waals surface area contributed by atoms with E-state index in [-0.39, 0.29) is 18.9 Å². The van der Waals surface area contributed by atoms with Crippen LogP contribution >= 0.6 is 0 Å². The highest BCUT2D eigenvalue weighted by Crippen LogP contribution is 2.44. The zero-order valence-corrected chi connectivity index (χ0v) is 13.5. The first kappa shape index (κ1) is 16.1. The summed E-state index contributed by atoms with van der Waals surface area (Å²) in [6, 6.07) is 16.2. The maximum Gasteiger partial charge on any atom is 0.440 e. The zero-order chi connectivity index (χ0) is 16.9. The van der Waals surface area contributed by atoms with Gasteiger partial charge in [-0.1, -0.05) is 55.5 Å². The second-order valence-electron chi connectivity index (χ2n) is 5.65. The molecule has 0 bridgehead atoms. The second-order valence-corrected chi connectivity index (χ2v) is 5.65. The molecule has 0 atom stereocenters. The van der Waals surface area contributed by atoms with Crippen LogP contribution in [0.5, 0.6) is 0 Å². The molecule has 0 radical (unpaired) electrons. The van der Waals surface area contributed by atoms with Crippen LogP contribution in [-0.4, -0.2) is 18.7 Å². The van der Waals surface area contributed by atoms with Crippen LogP contribution in [0.4, 0.5) is 4.79 Å². The standard InChI is InChI=1S/C19H19NO4/c1-2-7-18(21)24-20-19(22)23-12-17-15-10-5-3-8-13(15)14-9-4-6-11-16(14)17/h3-6,8-11,17H,2,7,12H2,1H3,(H,20,22). The van der Waals surface area contributed by atoms with Crippen molar-refractivity contribution < 1.29 is 19.2 Å². The summed E-state index contributed by atoms with van der Waals surface area (Å²) in [7, 11) is 0. The normalized spacial score (nSPS) is 12.2. The molecule has 24 heavy (non-hydrogen) atoms. The minimum Gasteiger partial charge on any atom is -0.446 e. The van der Waals surface area contributed by atoms with E-state index in [9.17, 15) is 9.59 Å². The Balaban J connectivity index is 1.65. The van der Waals surface area contributed by atoms with Gasteiger partial charge in [0.2, 0.25) is 0 Å². The fourth-order valence-electron chi connectivity index (χ4n) is 2.98. The molecule has 0 heterocycles. The fraction of sp³-hybridized carbons (Fsp3) is 0.263. The lowest BCUT2D eigenvalue weighted by Gasteiger charge is -2.14. The predicted molar refractivity (Wildman–Crippen MR) is 89.2 cm³/mol. The maximum absolute atomic E-state index is 11.7. The summed E-state index contributed by atoms with van der Waals surface area (Å²) in [5.74, 6) is -0.500. The molecule has 5 heteroatoms. The van der Waals surface area contributed by atoms with E-state index < -0.39 is 12.1 Å². The molecule has 0 spiro atoms. The average Bonchev–Trinajstić information content (AvgIpc) is 2.92. The number of amides is 1. The summed E-state index contributed by atoms with van der Waals surface area (Å²) in [4.78, 5) is 27.6. The Kier molecular flexibility index (Phi) is 4.79. The molecule has 5 nitrogen and oxygen atoms in total. The third kappa shape index (κ3) is 3.25. The Morgan fingerprint density at radius 2 is 1.58 bits per heavy atom. The van der Waals surface area contributed by atoms with Crippen LogP contribution in [0.15, 0.2) is 48.5 Å². The van der Waals surface area contributed by atoms with E-state index in [1.54, 1.807) is 0 Å². The Bertz CT molecular complexity index is 711. The van der Waals surface area contributed by atoms with Gasteiger partial charge in [0.25, 0.3) is 0 Å². The molecule has 0 aliphatic heterocycles. The second kappa shape index (κ2) is 7.17. The number of carbonyl (C=O) groups is 2. The fourth-order valence-corrected chi connectivity index (χ4v) is 2.98. The minimum atomic E-state index is -0.763. The number of hydrogen-bond donors (Lipinski definition) is 1. The molecule has 0 fully saturated rings. The highest BCUT2D eigenvalue weighted by Gasteiger charge is 2.29. The first-order chi connectivity index (χ1) is 11.7. The van der Waals surface area contributed by atoms with E-state index in [1.165, 1.54) is 0 Å². The number of ether oxygens (including phenoxy) is 1. The molecule has 2 aromatic rings. The average molecular weight is 325 g/mol. The van der Waals surface area contributed by atoms with Crippen molar-refractivity contribution in [2.45, 2.75) is 25.7 Å². The van der Waals surface area contributed by atoms with Crippen LogP contribution in [-0.2, 0) is 14.4 Å². The highest BCUT2D eigenvalue weighted by molar-refractivity contribution is 5.79. The van der Waals surface area contributed by atoms with Gasteiger partial charge in [0.1, 0.15) is 6.61 Å². The Morgan fingerprint density at radius 3 is 2.17 bits per heavy atom. The van der Waals surface area contributed by atoms with Gasteiger partial charge in [0.15, 0.2) is 0 Å². The maximum atomic E-state index is 11.7. The van der Waals surface area contributed by atoms with Gasteiger partial charge in [0, 0.05) is 12.3 Å². The molecule has 0 saturated heterocycles. The van der Waals surface area contributed by atoms with E-state index >= 15 is 0 Å². The molecule has 1 aliphatic carbocycles. The molecule has 124 valence electrons. The van der Waals surface area contributed by atoms with E-state index in [2.05, 4.69) is 17.0 Å². The van der Waals surface area contributed by atoms with Crippen LogP contribution in [0.25, 0.3) is 11.1 Å². The number of rotatable bonds is 4. The summed E-state index contributed by atoms with van der Waals surface area (Å²) in [6.45, 7) is 2.04. The number of nitrogens with one attached hydrogen (secondary N) is 1. The predicted octanol–water partition coefficient (Wildman–Crippen LogP) is 3.78. The van der Waals surface area contributed by atoms with Crippen molar-refractivity contribution in [3.05, 3.63) is 59.7 Å². The molecule has 0 aromatic heterocycles. The highest BCUT2D eigenvalue weighted by atomic mass is 16.7. The molecular weight excluding hydrogens is 306 g/mol. The number of benzene rings is 2. The Morgan fingerprint density at radius 1 is 1.00 bits per heavy atom. The van der Waals surface area contributed by atoms with Gasteiger partial charge in [-0.2, -0.15) is 0 Å². The van der Waals surface area contributed by atoms with Gasteiger partial charge in [-0.05, 0) is 28.7 Å². The van der Waals surface area contributed by atoms with Crippen molar-refractivity contribution >= 4 is 12.1 Å². The Labute approximate surface area is 140 Å². The molecule has 0 saturated carbocycles. The lowest BCUT2D eigenvalue weighted by Crippen LogP contribution is -2.28. The zero-order valence-electron chi connectivity index (χ0n) is 13.5. The van der Waals surface area contributed by atoms with Crippen LogP contribution in [0.2, 0.25) is 0 Å². The number of hydrogen-bond acceptors (Lipinski definition) is 4. The van der Waals surface area contributed by atoms with Crippen molar-refractivity contribution in [1.82, 2.24) is 5.48 Å². The van der Waals surface area contributed by atoms with E-state index in [1.807, 2.05) is 48.8 Å². The van der Waals surface area contributed by atoms with Gasteiger partial charge in [-0.3, -0.25) is 0 Å². The van der Waals surface area contributed by atoms with E-state index in [0.29, 0.717) is 6.42 Å². The number of fused-ring (bicyclic) bond motifs is 3. The summed E-state index contributed by atoms with van der Waals surface area (Å²) in [5.41, 5.74) is 6.62. The van der Waals surface area contributed by atoms with Gasteiger partial charge >= 0.3 is 12.1 Å². The largest absolute Gasteiger partial charge is 0.446 e. The first-order valence-electron chi connectivity index (χ1n) is 8.01. The molecule has 0 unspecified atom stereocenters. The van der Waals surface area contributed by atoms with Crippen molar-refractivity contribution in [3.63, 3.8) is 0 Å². The quantitative estimate of drug-likeness (QED) is 0.869. The van der Waals surface area contributed by atoms with Crippen molar-refractivity contribution in [2.24, 2.45) is 0 Å². The van der Waals surface area contributed by atoms with E-state index in [0.717, 1.165) is 22.3 Å². The lowest BCUT2D eigenvalue weighted by atomic mass is 9.98. The summed E-state index contributed by atoms with van der Waals surface area (Å²) in [6.07, 6.45) is 0.149. The molecule has 1 aliphatic rings. The third-order valence-corrected chi connectivity index (χ3v) is 4.05. The minimum absolute atomic E-state index is 0.0190. The topological polar surface area (TPSA) is 64.6 Å². The number of hydroxylamine groups is 1. The van der Waals surface area contributed by atoms with Crippen molar-refractivity contribution in [3.8, 4) is 11.1 Å². The monoisotopic (exact) mass is 325 g/mol. The third-order valence-electron chi connectivity index (χ3n) is 4.05. The van der Waals surface area contributed by atoms with Gasteiger partial charge < -0.3 is 9.57 Å². The molecular formula is C19H19NO4. The SMILES string of the molecule is CCCC(=O)ONC(=O)OCC1c2ccccc2-c2ccccc21. The molecule has 1 N–H and O–H groups in total. The molecule has 3 rings (SSSR count). The lowest BCUT2D eigenvalue weighted by molar-refractivity contribution is -0.149. The van der Waals surface area contributed by atoms with Crippen molar-refractivity contribution in [1.29, 1.82) is 0 Å². The summed E-state index contributed by atoms with van der Waals surface area (Å²) in [5, 5.41) is 0. The smallest absolute Gasteiger partial charge is 0.440 e. The van der Waals surface area contributed by atoms with Crippen LogP contribution in [0, 0.1) is 0 Å².